The fraction of sp³-hybridized carbons (Fsp3) is 0.500. The molecule has 2 aromatic rings. The Balaban J connectivity index is 1.48. The average molecular weight is 333 g/mol. The SMILES string of the molecule is O=C(Cc1csc(-c2cccs2)n1)N1C2CCNCC1CC2. The van der Waals surface area contributed by atoms with E-state index in [0.717, 1.165) is 43.1 Å². The highest BCUT2D eigenvalue weighted by Gasteiger charge is 2.37. The number of nitrogens with one attached hydrogen (secondary N) is 1. The summed E-state index contributed by atoms with van der Waals surface area (Å²) in [6.07, 6.45) is 3.82. The highest BCUT2D eigenvalue weighted by Crippen LogP contribution is 2.30. The number of thiophene rings is 1. The van der Waals surface area contributed by atoms with Crippen LogP contribution < -0.4 is 5.32 Å². The van der Waals surface area contributed by atoms with Crippen LogP contribution in [0, 0.1) is 0 Å². The molecule has 1 N–H and O–H groups in total. The van der Waals surface area contributed by atoms with E-state index in [1.54, 1.807) is 22.7 Å². The Labute approximate surface area is 138 Å². The van der Waals surface area contributed by atoms with E-state index in [1.165, 1.54) is 4.88 Å². The van der Waals surface area contributed by atoms with Gasteiger partial charge in [-0.3, -0.25) is 4.79 Å². The van der Waals surface area contributed by atoms with Gasteiger partial charge in [-0.15, -0.1) is 22.7 Å². The van der Waals surface area contributed by atoms with Gasteiger partial charge in [0.1, 0.15) is 5.01 Å². The van der Waals surface area contributed by atoms with Crippen molar-refractivity contribution < 1.29 is 4.79 Å². The maximum atomic E-state index is 12.7. The van der Waals surface area contributed by atoms with Gasteiger partial charge in [-0.2, -0.15) is 0 Å². The van der Waals surface area contributed by atoms with Gasteiger partial charge in [-0.1, -0.05) is 6.07 Å². The molecule has 2 aromatic heterocycles. The van der Waals surface area contributed by atoms with Gasteiger partial charge < -0.3 is 10.2 Å². The fourth-order valence-electron chi connectivity index (χ4n) is 3.54. The number of carbonyl (C=O) groups excluding carboxylic acids is 1. The molecular weight excluding hydrogens is 314 g/mol. The summed E-state index contributed by atoms with van der Waals surface area (Å²) in [6, 6.07) is 4.93. The molecule has 0 aromatic carbocycles. The van der Waals surface area contributed by atoms with Crippen molar-refractivity contribution in [2.24, 2.45) is 0 Å². The summed E-state index contributed by atoms with van der Waals surface area (Å²) >= 11 is 3.33. The molecule has 4 heterocycles. The molecule has 0 radical (unpaired) electrons. The van der Waals surface area contributed by atoms with E-state index in [1.807, 2.05) is 11.4 Å². The van der Waals surface area contributed by atoms with Gasteiger partial charge in [0.15, 0.2) is 0 Å². The molecule has 2 unspecified atom stereocenters. The van der Waals surface area contributed by atoms with Crippen LogP contribution in [0.15, 0.2) is 22.9 Å². The number of hydrogen-bond acceptors (Lipinski definition) is 5. The fourth-order valence-corrected chi connectivity index (χ4v) is 5.17. The van der Waals surface area contributed by atoms with Crippen LogP contribution in [0.25, 0.3) is 9.88 Å². The maximum Gasteiger partial charge on any atom is 0.229 e. The molecule has 2 aliphatic rings. The van der Waals surface area contributed by atoms with E-state index in [0.29, 0.717) is 18.5 Å². The lowest BCUT2D eigenvalue weighted by Crippen LogP contribution is -2.43. The standard InChI is InChI=1S/C16H19N3OS2/c20-15(19-12-3-4-13(19)9-17-6-5-12)8-11-10-22-16(18-11)14-2-1-7-21-14/h1-2,7,10,12-13,17H,3-6,8-9H2. The average Bonchev–Trinajstić information content (AvgIpc) is 3.18. The summed E-state index contributed by atoms with van der Waals surface area (Å²) in [5.41, 5.74) is 0.912. The van der Waals surface area contributed by atoms with Gasteiger partial charge in [-0.25, -0.2) is 4.98 Å². The lowest BCUT2D eigenvalue weighted by atomic mass is 10.1. The van der Waals surface area contributed by atoms with Crippen LogP contribution in [-0.2, 0) is 11.2 Å². The summed E-state index contributed by atoms with van der Waals surface area (Å²) < 4.78 is 0. The van der Waals surface area contributed by atoms with Crippen molar-refractivity contribution >= 4 is 28.6 Å². The van der Waals surface area contributed by atoms with Gasteiger partial charge in [-0.05, 0) is 37.3 Å². The highest BCUT2D eigenvalue weighted by atomic mass is 32.1. The molecule has 2 saturated heterocycles. The van der Waals surface area contributed by atoms with Gasteiger partial charge in [0.05, 0.1) is 17.0 Å². The van der Waals surface area contributed by atoms with E-state index >= 15 is 0 Å². The zero-order chi connectivity index (χ0) is 14.9. The number of amides is 1. The molecule has 4 rings (SSSR count). The number of nitrogens with zero attached hydrogens (tertiary/aromatic N) is 2. The molecule has 2 bridgehead atoms. The number of hydrogen-bond donors (Lipinski definition) is 1. The summed E-state index contributed by atoms with van der Waals surface area (Å²) in [7, 11) is 0. The van der Waals surface area contributed by atoms with E-state index in [-0.39, 0.29) is 5.91 Å². The van der Waals surface area contributed by atoms with Crippen molar-refractivity contribution in [3.63, 3.8) is 0 Å². The Morgan fingerprint density at radius 3 is 3.09 bits per heavy atom. The van der Waals surface area contributed by atoms with Crippen LogP contribution in [-0.4, -0.2) is 41.0 Å². The number of fused-ring (bicyclic) bond motifs is 2. The maximum absolute atomic E-state index is 12.7. The molecule has 2 aliphatic heterocycles. The Morgan fingerprint density at radius 1 is 1.32 bits per heavy atom. The largest absolute Gasteiger partial charge is 0.335 e. The first kappa shape index (κ1) is 14.4. The molecule has 2 atom stereocenters. The first-order valence-electron chi connectivity index (χ1n) is 7.81. The lowest BCUT2D eigenvalue weighted by Gasteiger charge is -2.27. The third kappa shape index (κ3) is 2.71. The van der Waals surface area contributed by atoms with Crippen LogP contribution in [0.3, 0.4) is 0 Å². The summed E-state index contributed by atoms with van der Waals surface area (Å²) in [5.74, 6) is 0.249. The Hall–Kier alpha value is -1.24. The molecule has 4 nitrogen and oxygen atoms in total. The Morgan fingerprint density at radius 2 is 2.23 bits per heavy atom. The van der Waals surface area contributed by atoms with Gasteiger partial charge in [0.2, 0.25) is 5.91 Å². The number of aromatic nitrogens is 1. The second-order valence-electron chi connectivity index (χ2n) is 5.98. The smallest absolute Gasteiger partial charge is 0.229 e. The van der Waals surface area contributed by atoms with E-state index in [2.05, 4.69) is 26.6 Å². The zero-order valence-corrected chi connectivity index (χ0v) is 14.0. The van der Waals surface area contributed by atoms with Crippen molar-refractivity contribution in [3.8, 4) is 9.88 Å². The molecule has 2 fully saturated rings. The predicted octanol–water partition coefficient (Wildman–Crippen LogP) is 2.77. The van der Waals surface area contributed by atoms with Crippen LogP contribution >= 0.6 is 22.7 Å². The summed E-state index contributed by atoms with van der Waals surface area (Å²) in [6.45, 7) is 1.98. The van der Waals surface area contributed by atoms with Crippen molar-refractivity contribution in [1.82, 2.24) is 15.2 Å². The second kappa shape index (κ2) is 6.10. The van der Waals surface area contributed by atoms with Crippen LogP contribution in [0.1, 0.15) is 25.0 Å². The summed E-state index contributed by atoms with van der Waals surface area (Å²) in [5, 5.41) is 8.56. The van der Waals surface area contributed by atoms with Gasteiger partial charge in [0.25, 0.3) is 0 Å². The lowest BCUT2D eigenvalue weighted by molar-refractivity contribution is -0.133. The zero-order valence-electron chi connectivity index (χ0n) is 12.3. The minimum Gasteiger partial charge on any atom is -0.335 e. The van der Waals surface area contributed by atoms with Crippen LogP contribution in [0.2, 0.25) is 0 Å². The number of carbonyl (C=O) groups is 1. The minimum absolute atomic E-state index is 0.249. The molecule has 0 spiro atoms. The van der Waals surface area contributed by atoms with Gasteiger partial charge in [0, 0.05) is 24.0 Å². The minimum atomic E-state index is 0.249. The third-order valence-corrected chi connectivity index (χ3v) is 6.49. The first-order chi connectivity index (χ1) is 10.8. The highest BCUT2D eigenvalue weighted by molar-refractivity contribution is 7.20. The topological polar surface area (TPSA) is 45.2 Å². The van der Waals surface area contributed by atoms with Crippen LogP contribution in [0.4, 0.5) is 0 Å². The summed E-state index contributed by atoms with van der Waals surface area (Å²) in [4.78, 5) is 20.7. The van der Waals surface area contributed by atoms with Crippen LogP contribution in [0.5, 0.6) is 0 Å². The monoisotopic (exact) mass is 333 g/mol. The van der Waals surface area contributed by atoms with E-state index in [9.17, 15) is 4.79 Å². The molecule has 0 saturated carbocycles. The van der Waals surface area contributed by atoms with Crippen molar-refractivity contribution in [1.29, 1.82) is 0 Å². The molecule has 6 heteroatoms. The van der Waals surface area contributed by atoms with Crippen molar-refractivity contribution in [2.75, 3.05) is 13.1 Å². The first-order valence-corrected chi connectivity index (χ1v) is 9.57. The predicted molar refractivity (Wildman–Crippen MR) is 90.3 cm³/mol. The molecule has 1 amide bonds. The van der Waals surface area contributed by atoms with Crippen molar-refractivity contribution in [3.05, 3.63) is 28.6 Å². The quantitative estimate of drug-likeness (QED) is 0.939. The molecule has 116 valence electrons. The third-order valence-electron chi connectivity index (χ3n) is 4.56. The van der Waals surface area contributed by atoms with E-state index in [4.69, 9.17) is 0 Å². The molecule has 22 heavy (non-hydrogen) atoms. The Kier molecular flexibility index (Phi) is 3.98. The number of rotatable bonds is 3. The molecule has 0 aliphatic carbocycles. The van der Waals surface area contributed by atoms with E-state index < -0.39 is 0 Å². The number of thiazole rings is 1. The van der Waals surface area contributed by atoms with Gasteiger partial charge >= 0.3 is 0 Å². The Bertz CT molecular complexity index is 638. The second-order valence-corrected chi connectivity index (χ2v) is 7.78. The van der Waals surface area contributed by atoms with Crippen molar-refractivity contribution in [2.45, 2.75) is 37.8 Å². The normalized spacial score (nSPS) is 24.5. The molecular formula is C16H19N3OS2.